The lowest BCUT2D eigenvalue weighted by atomic mass is 10.3. The molecule has 0 fully saturated rings. The van der Waals surface area contributed by atoms with Gasteiger partial charge in [0.1, 0.15) is 16.8 Å². The highest BCUT2D eigenvalue weighted by Crippen LogP contribution is 2.19. The van der Waals surface area contributed by atoms with Crippen molar-refractivity contribution in [3.8, 4) is 0 Å². The summed E-state index contributed by atoms with van der Waals surface area (Å²) in [6.45, 7) is 2.08. The lowest BCUT2D eigenvalue weighted by Gasteiger charge is -2.07. The van der Waals surface area contributed by atoms with Gasteiger partial charge in [-0.3, -0.25) is 0 Å². The van der Waals surface area contributed by atoms with Crippen molar-refractivity contribution in [2.45, 2.75) is 19.8 Å². The zero-order chi connectivity index (χ0) is 13.0. The van der Waals surface area contributed by atoms with E-state index in [1.54, 1.807) is 6.07 Å². The fourth-order valence-corrected chi connectivity index (χ4v) is 1.87. The number of anilines is 2. The molecule has 0 aliphatic carbocycles. The van der Waals surface area contributed by atoms with Crippen LogP contribution in [0.3, 0.4) is 0 Å². The van der Waals surface area contributed by atoms with Crippen LogP contribution in [0.4, 0.5) is 11.5 Å². The Balaban J connectivity index is 2.20. The molecule has 0 saturated heterocycles. The Labute approximate surface area is 116 Å². The first-order chi connectivity index (χ1) is 8.67. The summed E-state index contributed by atoms with van der Waals surface area (Å²) < 4.78 is 0. The minimum absolute atomic E-state index is 0.449. The van der Waals surface area contributed by atoms with E-state index >= 15 is 0 Å². The molecule has 94 valence electrons. The predicted octanol–water partition coefficient (Wildman–Crippen LogP) is 4.48. The molecule has 2 aromatic rings. The number of hydrogen-bond acceptors (Lipinski definition) is 3. The number of nitrogens with one attached hydrogen (secondary N) is 1. The SMILES string of the molecule is CCCc1nc(Cl)cc(Nc2ccc(Cl)cc2)n1. The molecule has 0 spiro atoms. The molecule has 0 aliphatic heterocycles. The van der Waals surface area contributed by atoms with E-state index in [0.29, 0.717) is 16.0 Å². The van der Waals surface area contributed by atoms with Gasteiger partial charge >= 0.3 is 0 Å². The number of hydrogen-bond donors (Lipinski definition) is 1. The fraction of sp³-hybridized carbons (Fsp3) is 0.231. The highest BCUT2D eigenvalue weighted by atomic mass is 35.5. The zero-order valence-corrected chi connectivity index (χ0v) is 11.5. The molecule has 2 rings (SSSR count). The van der Waals surface area contributed by atoms with Crippen molar-refractivity contribution < 1.29 is 0 Å². The van der Waals surface area contributed by atoms with E-state index in [9.17, 15) is 0 Å². The molecular weight excluding hydrogens is 269 g/mol. The van der Waals surface area contributed by atoms with E-state index in [0.717, 1.165) is 24.4 Å². The van der Waals surface area contributed by atoms with Gasteiger partial charge in [0.05, 0.1) is 0 Å². The normalized spacial score (nSPS) is 10.4. The average molecular weight is 282 g/mol. The molecule has 5 heteroatoms. The minimum atomic E-state index is 0.449. The summed E-state index contributed by atoms with van der Waals surface area (Å²) in [5.74, 6) is 1.45. The zero-order valence-electron chi connectivity index (χ0n) is 9.95. The van der Waals surface area contributed by atoms with Crippen LogP contribution < -0.4 is 5.32 Å². The Morgan fingerprint density at radius 2 is 1.83 bits per heavy atom. The van der Waals surface area contributed by atoms with Gasteiger partial charge in [-0.2, -0.15) is 0 Å². The molecule has 3 nitrogen and oxygen atoms in total. The maximum atomic E-state index is 5.96. The Kier molecular flexibility index (Phi) is 4.39. The number of benzene rings is 1. The Bertz CT molecular complexity index is 526. The summed E-state index contributed by atoms with van der Waals surface area (Å²) >= 11 is 11.8. The van der Waals surface area contributed by atoms with Gasteiger partial charge in [0, 0.05) is 23.2 Å². The van der Waals surface area contributed by atoms with E-state index in [1.807, 2.05) is 24.3 Å². The van der Waals surface area contributed by atoms with Crippen LogP contribution in [0.1, 0.15) is 19.2 Å². The largest absolute Gasteiger partial charge is 0.340 e. The van der Waals surface area contributed by atoms with Gasteiger partial charge in [0.25, 0.3) is 0 Å². The molecule has 0 radical (unpaired) electrons. The molecule has 0 unspecified atom stereocenters. The van der Waals surface area contributed by atoms with Gasteiger partial charge in [0.2, 0.25) is 0 Å². The summed E-state index contributed by atoms with van der Waals surface area (Å²) in [5.41, 5.74) is 0.914. The second-order valence-corrected chi connectivity index (χ2v) is 4.70. The van der Waals surface area contributed by atoms with Crippen molar-refractivity contribution in [1.82, 2.24) is 9.97 Å². The van der Waals surface area contributed by atoms with E-state index in [2.05, 4.69) is 22.2 Å². The Morgan fingerprint density at radius 3 is 2.50 bits per heavy atom. The molecular formula is C13H13Cl2N3. The van der Waals surface area contributed by atoms with Crippen LogP contribution >= 0.6 is 23.2 Å². The minimum Gasteiger partial charge on any atom is -0.340 e. The number of aryl methyl sites for hydroxylation is 1. The van der Waals surface area contributed by atoms with Crippen LogP contribution in [0, 0.1) is 0 Å². The van der Waals surface area contributed by atoms with Crippen molar-refractivity contribution in [1.29, 1.82) is 0 Å². The molecule has 0 bridgehead atoms. The number of nitrogens with zero attached hydrogens (tertiary/aromatic N) is 2. The van der Waals surface area contributed by atoms with Crippen LogP contribution in [0.15, 0.2) is 30.3 Å². The van der Waals surface area contributed by atoms with E-state index in [-0.39, 0.29) is 0 Å². The summed E-state index contributed by atoms with van der Waals surface area (Å²) in [4.78, 5) is 8.57. The molecule has 0 aliphatic rings. The van der Waals surface area contributed by atoms with E-state index < -0.39 is 0 Å². The summed E-state index contributed by atoms with van der Waals surface area (Å²) in [6.07, 6.45) is 1.80. The summed E-state index contributed by atoms with van der Waals surface area (Å²) in [7, 11) is 0. The van der Waals surface area contributed by atoms with Crippen molar-refractivity contribution in [2.24, 2.45) is 0 Å². The number of halogens is 2. The first kappa shape index (κ1) is 13.1. The second-order valence-electron chi connectivity index (χ2n) is 3.87. The van der Waals surface area contributed by atoms with Gasteiger partial charge in [-0.15, -0.1) is 0 Å². The van der Waals surface area contributed by atoms with Crippen LogP contribution in [-0.2, 0) is 6.42 Å². The number of aromatic nitrogens is 2. The molecule has 0 amide bonds. The van der Waals surface area contributed by atoms with Gasteiger partial charge in [0.15, 0.2) is 0 Å². The van der Waals surface area contributed by atoms with Crippen LogP contribution in [-0.4, -0.2) is 9.97 Å². The van der Waals surface area contributed by atoms with Gasteiger partial charge in [-0.05, 0) is 30.7 Å². The third kappa shape index (κ3) is 3.59. The van der Waals surface area contributed by atoms with Gasteiger partial charge in [-0.25, -0.2) is 9.97 Å². The van der Waals surface area contributed by atoms with E-state index in [4.69, 9.17) is 23.2 Å². The second kappa shape index (κ2) is 6.03. The molecule has 0 saturated carbocycles. The topological polar surface area (TPSA) is 37.8 Å². The predicted molar refractivity (Wildman–Crippen MR) is 75.8 cm³/mol. The molecule has 1 N–H and O–H groups in total. The van der Waals surface area contributed by atoms with Crippen LogP contribution in [0.25, 0.3) is 0 Å². The smallest absolute Gasteiger partial charge is 0.135 e. The first-order valence-electron chi connectivity index (χ1n) is 5.73. The summed E-state index contributed by atoms with van der Waals surface area (Å²) in [6, 6.07) is 9.12. The molecule has 0 atom stereocenters. The maximum Gasteiger partial charge on any atom is 0.135 e. The van der Waals surface area contributed by atoms with Crippen LogP contribution in [0.2, 0.25) is 10.2 Å². The third-order valence-electron chi connectivity index (χ3n) is 2.33. The lowest BCUT2D eigenvalue weighted by molar-refractivity contribution is 0.837. The van der Waals surface area contributed by atoms with Gasteiger partial charge < -0.3 is 5.32 Å². The Morgan fingerprint density at radius 1 is 1.11 bits per heavy atom. The quantitative estimate of drug-likeness (QED) is 0.840. The van der Waals surface area contributed by atoms with Crippen molar-refractivity contribution in [3.63, 3.8) is 0 Å². The monoisotopic (exact) mass is 281 g/mol. The lowest BCUT2D eigenvalue weighted by Crippen LogP contribution is -2.00. The standard InChI is InChI=1S/C13H13Cl2N3/c1-2-3-12-17-11(15)8-13(18-12)16-10-6-4-9(14)5-7-10/h4-8H,2-3H2,1H3,(H,16,17,18). The average Bonchev–Trinajstić information content (AvgIpc) is 2.32. The highest BCUT2D eigenvalue weighted by molar-refractivity contribution is 6.30. The first-order valence-corrected chi connectivity index (χ1v) is 6.49. The van der Waals surface area contributed by atoms with Crippen molar-refractivity contribution in [3.05, 3.63) is 46.3 Å². The van der Waals surface area contributed by atoms with Crippen molar-refractivity contribution >= 4 is 34.7 Å². The fourth-order valence-electron chi connectivity index (χ4n) is 1.55. The number of rotatable bonds is 4. The van der Waals surface area contributed by atoms with Gasteiger partial charge in [-0.1, -0.05) is 30.1 Å². The third-order valence-corrected chi connectivity index (χ3v) is 2.78. The highest BCUT2D eigenvalue weighted by Gasteiger charge is 2.03. The molecule has 1 aromatic heterocycles. The Hall–Kier alpha value is -1.32. The molecule has 18 heavy (non-hydrogen) atoms. The summed E-state index contributed by atoms with van der Waals surface area (Å²) in [5, 5.41) is 4.33. The van der Waals surface area contributed by atoms with E-state index in [1.165, 1.54) is 0 Å². The maximum absolute atomic E-state index is 5.96. The van der Waals surface area contributed by atoms with Crippen molar-refractivity contribution in [2.75, 3.05) is 5.32 Å². The molecule has 1 aromatic carbocycles. The van der Waals surface area contributed by atoms with Crippen LogP contribution in [0.5, 0.6) is 0 Å². The molecule has 1 heterocycles.